The van der Waals surface area contributed by atoms with Crippen molar-refractivity contribution in [1.82, 2.24) is 5.32 Å². The van der Waals surface area contributed by atoms with Crippen molar-refractivity contribution >= 4 is 17.5 Å². The minimum atomic E-state index is -0.135. The number of rotatable bonds is 5. The van der Waals surface area contributed by atoms with E-state index in [2.05, 4.69) is 5.32 Å². The second-order valence-electron chi connectivity index (χ2n) is 4.75. The summed E-state index contributed by atoms with van der Waals surface area (Å²) >= 11 is 5.77. The molecule has 1 amide bonds. The zero-order chi connectivity index (χ0) is 13.0. The predicted octanol–water partition coefficient (Wildman–Crippen LogP) is 1.42. The van der Waals surface area contributed by atoms with Crippen molar-refractivity contribution in [2.75, 3.05) is 19.6 Å². The van der Waals surface area contributed by atoms with E-state index in [1.807, 2.05) is 20.8 Å². The van der Waals surface area contributed by atoms with Gasteiger partial charge in [-0.1, -0.05) is 6.92 Å². The molecule has 5 unspecified atom stereocenters. The normalized spacial score (nSPS) is 34.6. The Hall–Kier alpha value is -0.320. The summed E-state index contributed by atoms with van der Waals surface area (Å²) in [5, 5.41) is 2.92. The summed E-state index contributed by atoms with van der Waals surface area (Å²) in [7, 11) is 1.59. The standard InChI is InChI=1S/C12H22ClNO3/c1-7-8(2)17-9(3)11(7)12(15)14-10(5-13)6-16-4/h7-11H,5-6H2,1-4H3,(H,14,15). The average Bonchev–Trinajstić information content (AvgIpc) is 2.52. The largest absolute Gasteiger partial charge is 0.383 e. The summed E-state index contributed by atoms with van der Waals surface area (Å²) in [5.74, 6) is 0.485. The maximum absolute atomic E-state index is 12.2. The molecule has 1 rings (SSSR count). The molecular formula is C12H22ClNO3. The fraction of sp³-hybridized carbons (Fsp3) is 0.917. The van der Waals surface area contributed by atoms with Gasteiger partial charge >= 0.3 is 0 Å². The molecule has 1 aliphatic rings. The highest BCUT2D eigenvalue weighted by Gasteiger charge is 2.41. The summed E-state index contributed by atoms with van der Waals surface area (Å²) in [6, 6.07) is -0.135. The smallest absolute Gasteiger partial charge is 0.226 e. The molecule has 5 heteroatoms. The molecule has 0 radical (unpaired) electrons. The first-order valence-corrected chi connectivity index (χ1v) is 6.55. The number of halogens is 1. The molecule has 0 saturated carbocycles. The van der Waals surface area contributed by atoms with Crippen molar-refractivity contribution in [3.8, 4) is 0 Å². The van der Waals surface area contributed by atoms with Crippen molar-refractivity contribution in [3.05, 3.63) is 0 Å². The molecular weight excluding hydrogens is 242 g/mol. The number of carbonyl (C=O) groups excluding carboxylic acids is 1. The van der Waals surface area contributed by atoms with Crippen LogP contribution < -0.4 is 5.32 Å². The number of carbonyl (C=O) groups is 1. The van der Waals surface area contributed by atoms with Crippen LogP contribution in [0.15, 0.2) is 0 Å². The van der Waals surface area contributed by atoms with Gasteiger partial charge in [0.1, 0.15) is 0 Å². The first-order chi connectivity index (χ1) is 8.01. The Kier molecular flexibility index (Phi) is 5.70. The Morgan fingerprint density at radius 3 is 2.47 bits per heavy atom. The monoisotopic (exact) mass is 263 g/mol. The van der Waals surface area contributed by atoms with Gasteiger partial charge in [0.15, 0.2) is 0 Å². The number of nitrogens with one attached hydrogen (secondary N) is 1. The summed E-state index contributed by atoms with van der Waals surface area (Å²) in [5.41, 5.74) is 0. The van der Waals surface area contributed by atoms with Gasteiger partial charge in [-0.05, 0) is 19.8 Å². The van der Waals surface area contributed by atoms with Crippen LogP contribution in [0.2, 0.25) is 0 Å². The molecule has 1 fully saturated rings. The van der Waals surface area contributed by atoms with Crippen LogP contribution in [0.1, 0.15) is 20.8 Å². The van der Waals surface area contributed by atoms with E-state index >= 15 is 0 Å². The molecule has 0 aliphatic carbocycles. The molecule has 1 aliphatic heterocycles. The summed E-state index contributed by atoms with van der Waals surface area (Å²) in [4.78, 5) is 12.2. The van der Waals surface area contributed by atoms with Crippen LogP contribution in [0, 0.1) is 11.8 Å². The first-order valence-electron chi connectivity index (χ1n) is 6.02. The minimum absolute atomic E-state index is 0.0112. The lowest BCUT2D eigenvalue weighted by atomic mass is 9.88. The van der Waals surface area contributed by atoms with E-state index in [-0.39, 0.29) is 36.0 Å². The third-order valence-electron chi connectivity index (χ3n) is 3.45. The first kappa shape index (κ1) is 14.7. The molecule has 0 aromatic carbocycles. The summed E-state index contributed by atoms with van der Waals surface area (Å²) in [6.45, 7) is 6.42. The molecule has 0 bridgehead atoms. The second-order valence-corrected chi connectivity index (χ2v) is 5.05. The second kappa shape index (κ2) is 6.57. The lowest BCUT2D eigenvalue weighted by Crippen LogP contribution is -2.45. The Morgan fingerprint density at radius 2 is 2.06 bits per heavy atom. The Labute approximate surface area is 108 Å². The lowest BCUT2D eigenvalue weighted by Gasteiger charge is -2.22. The number of hydrogen-bond acceptors (Lipinski definition) is 3. The molecule has 100 valence electrons. The van der Waals surface area contributed by atoms with Crippen molar-refractivity contribution in [2.24, 2.45) is 11.8 Å². The third-order valence-corrected chi connectivity index (χ3v) is 3.82. The van der Waals surface area contributed by atoms with Gasteiger partial charge < -0.3 is 14.8 Å². The SMILES string of the molecule is COCC(CCl)NC(=O)C1C(C)OC(C)C1C. The zero-order valence-electron chi connectivity index (χ0n) is 10.9. The Morgan fingerprint density at radius 1 is 1.41 bits per heavy atom. The number of alkyl halides is 1. The highest BCUT2D eigenvalue weighted by Crippen LogP contribution is 2.32. The van der Waals surface area contributed by atoms with Gasteiger partial charge in [0, 0.05) is 13.0 Å². The van der Waals surface area contributed by atoms with Crippen molar-refractivity contribution in [3.63, 3.8) is 0 Å². The van der Waals surface area contributed by atoms with E-state index in [1.54, 1.807) is 7.11 Å². The molecule has 0 aromatic heterocycles. The Bertz CT molecular complexity index is 262. The van der Waals surface area contributed by atoms with Crippen molar-refractivity contribution < 1.29 is 14.3 Å². The molecule has 0 spiro atoms. The van der Waals surface area contributed by atoms with Gasteiger partial charge in [0.2, 0.25) is 5.91 Å². The van der Waals surface area contributed by atoms with E-state index in [4.69, 9.17) is 21.1 Å². The van der Waals surface area contributed by atoms with Crippen LogP contribution >= 0.6 is 11.6 Å². The van der Waals surface area contributed by atoms with Crippen molar-refractivity contribution in [1.29, 1.82) is 0 Å². The quantitative estimate of drug-likeness (QED) is 0.763. The van der Waals surface area contributed by atoms with Crippen LogP contribution in [0.3, 0.4) is 0 Å². The van der Waals surface area contributed by atoms with Gasteiger partial charge in [0.05, 0.1) is 30.8 Å². The number of hydrogen-bond donors (Lipinski definition) is 1. The van der Waals surface area contributed by atoms with Crippen molar-refractivity contribution in [2.45, 2.75) is 39.0 Å². The molecule has 1 saturated heterocycles. The maximum Gasteiger partial charge on any atom is 0.226 e. The third kappa shape index (κ3) is 3.57. The average molecular weight is 264 g/mol. The summed E-state index contributed by atoms with van der Waals surface area (Å²) in [6.07, 6.45) is 0.0798. The number of methoxy groups -OCH3 is 1. The lowest BCUT2D eigenvalue weighted by molar-refractivity contribution is -0.128. The fourth-order valence-electron chi connectivity index (χ4n) is 2.34. The Balaban J connectivity index is 2.57. The minimum Gasteiger partial charge on any atom is -0.383 e. The van der Waals surface area contributed by atoms with Crippen LogP contribution in [0.25, 0.3) is 0 Å². The van der Waals surface area contributed by atoms with Gasteiger partial charge in [-0.15, -0.1) is 11.6 Å². The van der Waals surface area contributed by atoms with Gasteiger partial charge in [0.25, 0.3) is 0 Å². The molecule has 17 heavy (non-hydrogen) atoms. The highest BCUT2D eigenvalue weighted by atomic mass is 35.5. The van der Waals surface area contributed by atoms with Crippen LogP contribution in [0.5, 0.6) is 0 Å². The number of amides is 1. The van der Waals surface area contributed by atoms with E-state index < -0.39 is 0 Å². The molecule has 5 atom stereocenters. The maximum atomic E-state index is 12.2. The molecule has 1 N–H and O–H groups in total. The van der Waals surface area contributed by atoms with Crippen LogP contribution in [0.4, 0.5) is 0 Å². The predicted molar refractivity (Wildman–Crippen MR) is 67.2 cm³/mol. The molecule has 4 nitrogen and oxygen atoms in total. The number of ether oxygens (including phenoxy) is 2. The topological polar surface area (TPSA) is 47.6 Å². The van der Waals surface area contributed by atoms with Gasteiger partial charge in [-0.2, -0.15) is 0 Å². The molecule has 1 heterocycles. The summed E-state index contributed by atoms with van der Waals surface area (Å²) < 4.78 is 10.7. The molecule has 0 aromatic rings. The van der Waals surface area contributed by atoms with Gasteiger partial charge in [-0.3, -0.25) is 4.79 Å². The highest BCUT2D eigenvalue weighted by molar-refractivity contribution is 6.18. The van der Waals surface area contributed by atoms with E-state index in [0.717, 1.165) is 0 Å². The van der Waals surface area contributed by atoms with Gasteiger partial charge in [-0.25, -0.2) is 0 Å². The van der Waals surface area contributed by atoms with E-state index in [1.165, 1.54) is 0 Å². The zero-order valence-corrected chi connectivity index (χ0v) is 11.7. The fourth-order valence-corrected chi connectivity index (χ4v) is 2.51. The van der Waals surface area contributed by atoms with E-state index in [9.17, 15) is 4.79 Å². The van der Waals surface area contributed by atoms with E-state index in [0.29, 0.717) is 12.5 Å². The van der Waals surface area contributed by atoms with Crippen LogP contribution in [-0.4, -0.2) is 43.8 Å². The van der Waals surface area contributed by atoms with Crippen LogP contribution in [-0.2, 0) is 14.3 Å².